The lowest BCUT2D eigenvalue weighted by molar-refractivity contribution is 0.499. The second kappa shape index (κ2) is 5.83. The first-order valence-electron chi connectivity index (χ1n) is 6.40. The first-order valence-corrected chi connectivity index (χ1v) is 6.40. The maximum atomic E-state index is 5.40. The van der Waals surface area contributed by atoms with E-state index in [0.29, 0.717) is 0 Å². The van der Waals surface area contributed by atoms with Crippen molar-refractivity contribution in [2.75, 3.05) is 6.54 Å². The van der Waals surface area contributed by atoms with Crippen molar-refractivity contribution in [3.05, 3.63) is 53.2 Å². The summed E-state index contributed by atoms with van der Waals surface area (Å²) in [5.74, 6) is 0.981. The van der Waals surface area contributed by atoms with Crippen LogP contribution in [0.2, 0.25) is 0 Å². The molecule has 96 valence electrons. The molecule has 0 amide bonds. The highest BCUT2D eigenvalue weighted by Gasteiger charge is 2.16. The minimum Gasteiger partial charge on any atom is -0.469 e. The van der Waals surface area contributed by atoms with E-state index in [2.05, 4.69) is 30.2 Å². The van der Waals surface area contributed by atoms with Gasteiger partial charge in [-0.3, -0.25) is 4.98 Å². The highest BCUT2D eigenvalue weighted by Crippen LogP contribution is 2.23. The van der Waals surface area contributed by atoms with Gasteiger partial charge >= 0.3 is 0 Å². The molecule has 0 aliphatic heterocycles. The molecule has 0 fully saturated rings. The fraction of sp³-hybridized carbons (Fsp3) is 0.400. The van der Waals surface area contributed by atoms with Gasteiger partial charge in [0.1, 0.15) is 5.76 Å². The van der Waals surface area contributed by atoms with Crippen molar-refractivity contribution < 1.29 is 4.42 Å². The van der Waals surface area contributed by atoms with Crippen LogP contribution < -0.4 is 5.32 Å². The second-order valence-electron chi connectivity index (χ2n) is 4.51. The van der Waals surface area contributed by atoms with Crippen LogP contribution in [0.3, 0.4) is 0 Å². The Morgan fingerprint density at radius 1 is 1.33 bits per heavy atom. The van der Waals surface area contributed by atoms with Gasteiger partial charge in [0.05, 0.1) is 6.26 Å². The van der Waals surface area contributed by atoms with Crippen molar-refractivity contribution >= 4 is 0 Å². The predicted octanol–water partition coefficient (Wildman–Crippen LogP) is 3.18. The van der Waals surface area contributed by atoms with E-state index in [4.69, 9.17) is 4.42 Å². The standard InChI is InChI=1S/C15H20N2O/c1-4-16-15(13-7-9-18-12(13)3)10-14-11(2)6-5-8-17-14/h5-9,15-16H,4,10H2,1-3H3. The summed E-state index contributed by atoms with van der Waals surface area (Å²) in [6, 6.07) is 6.39. The van der Waals surface area contributed by atoms with E-state index < -0.39 is 0 Å². The third-order valence-corrected chi connectivity index (χ3v) is 3.24. The topological polar surface area (TPSA) is 38.1 Å². The van der Waals surface area contributed by atoms with E-state index in [1.165, 1.54) is 11.1 Å². The quantitative estimate of drug-likeness (QED) is 0.877. The number of hydrogen-bond donors (Lipinski definition) is 1. The maximum absolute atomic E-state index is 5.40. The number of pyridine rings is 1. The summed E-state index contributed by atoms with van der Waals surface area (Å²) in [5.41, 5.74) is 3.60. The van der Waals surface area contributed by atoms with Crippen molar-refractivity contribution in [3.63, 3.8) is 0 Å². The summed E-state index contributed by atoms with van der Waals surface area (Å²) in [4.78, 5) is 4.47. The molecule has 0 radical (unpaired) electrons. The van der Waals surface area contributed by atoms with Gasteiger partial charge < -0.3 is 9.73 Å². The Labute approximate surface area is 108 Å². The van der Waals surface area contributed by atoms with Crippen LogP contribution in [0.25, 0.3) is 0 Å². The monoisotopic (exact) mass is 244 g/mol. The molecular weight excluding hydrogens is 224 g/mol. The van der Waals surface area contributed by atoms with Gasteiger partial charge in [0.15, 0.2) is 0 Å². The molecule has 0 saturated carbocycles. The zero-order chi connectivity index (χ0) is 13.0. The molecule has 3 nitrogen and oxygen atoms in total. The van der Waals surface area contributed by atoms with Gasteiger partial charge in [-0.15, -0.1) is 0 Å². The zero-order valence-electron chi connectivity index (χ0n) is 11.2. The molecule has 0 saturated heterocycles. The lowest BCUT2D eigenvalue weighted by atomic mass is 10.0. The van der Waals surface area contributed by atoms with Crippen LogP contribution in [0.15, 0.2) is 35.1 Å². The molecule has 0 bridgehead atoms. The van der Waals surface area contributed by atoms with Crippen LogP contribution in [0.1, 0.15) is 35.5 Å². The average molecular weight is 244 g/mol. The highest BCUT2D eigenvalue weighted by atomic mass is 16.3. The lowest BCUT2D eigenvalue weighted by Gasteiger charge is -2.18. The Balaban J connectivity index is 2.22. The lowest BCUT2D eigenvalue weighted by Crippen LogP contribution is -2.23. The Hall–Kier alpha value is -1.61. The van der Waals surface area contributed by atoms with Crippen LogP contribution in [0.5, 0.6) is 0 Å². The average Bonchev–Trinajstić information content (AvgIpc) is 2.78. The van der Waals surface area contributed by atoms with Crippen molar-refractivity contribution in [1.29, 1.82) is 0 Å². The highest BCUT2D eigenvalue weighted by molar-refractivity contribution is 5.25. The van der Waals surface area contributed by atoms with Crippen LogP contribution >= 0.6 is 0 Å². The largest absolute Gasteiger partial charge is 0.469 e. The molecule has 2 heterocycles. The van der Waals surface area contributed by atoms with Crippen LogP contribution in [-0.2, 0) is 6.42 Å². The Bertz CT molecular complexity index is 505. The molecule has 0 spiro atoms. The Morgan fingerprint density at radius 2 is 2.17 bits per heavy atom. The number of aryl methyl sites for hydroxylation is 2. The molecule has 3 heteroatoms. The fourth-order valence-corrected chi connectivity index (χ4v) is 2.22. The van der Waals surface area contributed by atoms with E-state index in [1.807, 2.05) is 25.3 Å². The van der Waals surface area contributed by atoms with Crippen LogP contribution in [0, 0.1) is 13.8 Å². The van der Waals surface area contributed by atoms with Gasteiger partial charge in [0.2, 0.25) is 0 Å². The molecule has 1 unspecified atom stereocenters. The number of nitrogens with zero attached hydrogens (tertiary/aromatic N) is 1. The van der Waals surface area contributed by atoms with Crippen LogP contribution in [-0.4, -0.2) is 11.5 Å². The number of likely N-dealkylation sites (N-methyl/N-ethyl adjacent to an activating group) is 1. The number of nitrogens with one attached hydrogen (secondary N) is 1. The molecular formula is C15H20N2O. The van der Waals surface area contributed by atoms with E-state index in [9.17, 15) is 0 Å². The smallest absolute Gasteiger partial charge is 0.105 e. The first kappa shape index (κ1) is 12.8. The third kappa shape index (κ3) is 2.79. The molecule has 2 aromatic rings. The van der Waals surface area contributed by atoms with Crippen molar-refractivity contribution in [3.8, 4) is 0 Å². The minimum absolute atomic E-state index is 0.266. The van der Waals surface area contributed by atoms with E-state index >= 15 is 0 Å². The summed E-state index contributed by atoms with van der Waals surface area (Å²) in [6.45, 7) is 7.16. The van der Waals surface area contributed by atoms with Gasteiger partial charge in [0.25, 0.3) is 0 Å². The molecule has 1 N–H and O–H groups in total. The normalized spacial score (nSPS) is 12.6. The van der Waals surface area contributed by atoms with Gasteiger partial charge in [-0.05, 0) is 38.1 Å². The van der Waals surface area contributed by atoms with E-state index in [-0.39, 0.29) is 6.04 Å². The Kier molecular flexibility index (Phi) is 4.15. The van der Waals surface area contributed by atoms with Crippen molar-refractivity contribution in [2.24, 2.45) is 0 Å². The van der Waals surface area contributed by atoms with Gasteiger partial charge in [-0.1, -0.05) is 13.0 Å². The number of hydrogen-bond acceptors (Lipinski definition) is 3. The number of furan rings is 1. The number of rotatable bonds is 5. The third-order valence-electron chi connectivity index (χ3n) is 3.24. The minimum atomic E-state index is 0.266. The first-order chi connectivity index (χ1) is 8.72. The summed E-state index contributed by atoms with van der Waals surface area (Å²) in [7, 11) is 0. The van der Waals surface area contributed by atoms with Crippen molar-refractivity contribution in [2.45, 2.75) is 33.2 Å². The van der Waals surface area contributed by atoms with E-state index in [1.54, 1.807) is 6.26 Å². The molecule has 2 aromatic heterocycles. The van der Waals surface area contributed by atoms with E-state index in [0.717, 1.165) is 24.4 Å². The summed E-state index contributed by atoms with van der Waals surface area (Å²) in [5, 5.41) is 3.50. The summed E-state index contributed by atoms with van der Waals surface area (Å²) < 4.78 is 5.40. The fourth-order valence-electron chi connectivity index (χ4n) is 2.22. The maximum Gasteiger partial charge on any atom is 0.105 e. The van der Waals surface area contributed by atoms with Crippen LogP contribution in [0.4, 0.5) is 0 Å². The molecule has 18 heavy (non-hydrogen) atoms. The van der Waals surface area contributed by atoms with Crippen molar-refractivity contribution in [1.82, 2.24) is 10.3 Å². The SMILES string of the molecule is CCNC(Cc1ncccc1C)c1ccoc1C. The molecule has 2 rings (SSSR count). The predicted molar refractivity (Wildman–Crippen MR) is 72.5 cm³/mol. The molecule has 0 aliphatic rings. The van der Waals surface area contributed by atoms with Gasteiger partial charge in [-0.2, -0.15) is 0 Å². The summed E-state index contributed by atoms with van der Waals surface area (Å²) >= 11 is 0. The molecule has 1 atom stereocenters. The molecule has 0 aliphatic carbocycles. The van der Waals surface area contributed by atoms with Gasteiger partial charge in [0, 0.05) is 29.9 Å². The second-order valence-corrected chi connectivity index (χ2v) is 4.51. The molecule has 0 aromatic carbocycles. The zero-order valence-corrected chi connectivity index (χ0v) is 11.2. The van der Waals surface area contributed by atoms with Gasteiger partial charge in [-0.25, -0.2) is 0 Å². The Morgan fingerprint density at radius 3 is 2.78 bits per heavy atom. The number of aromatic nitrogens is 1. The summed E-state index contributed by atoms with van der Waals surface area (Å²) in [6.07, 6.45) is 4.49.